The molecule has 6 nitrogen and oxygen atoms in total. The van der Waals surface area contributed by atoms with E-state index >= 15 is 0 Å². The number of para-hydroxylation sites is 1. The molecule has 1 aliphatic heterocycles. The lowest BCUT2D eigenvalue weighted by Crippen LogP contribution is -2.40. The van der Waals surface area contributed by atoms with Crippen molar-refractivity contribution in [2.75, 3.05) is 13.1 Å². The fraction of sp³-hybridized carbons (Fsp3) is 0.389. The van der Waals surface area contributed by atoms with E-state index in [9.17, 15) is 9.59 Å². The highest BCUT2D eigenvalue weighted by Gasteiger charge is 2.26. The van der Waals surface area contributed by atoms with Crippen molar-refractivity contribution in [1.82, 2.24) is 14.7 Å². The molecule has 24 heavy (non-hydrogen) atoms. The number of carboxylic acid groups (broad SMARTS) is 1. The molecular weight excluding hydrogens is 306 g/mol. The quantitative estimate of drug-likeness (QED) is 0.916. The number of carbonyl (C=O) groups excluding carboxylic acids is 1. The first-order chi connectivity index (χ1) is 11.6. The summed E-state index contributed by atoms with van der Waals surface area (Å²) in [5.41, 5.74) is 1.34. The number of aromatic nitrogens is 2. The monoisotopic (exact) mass is 327 g/mol. The largest absolute Gasteiger partial charge is 0.481 e. The lowest BCUT2D eigenvalue weighted by atomic mass is 9.93. The van der Waals surface area contributed by atoms with Gasteiger partial charge in [-0.15, -0.1) is 0 Å². The van der Waals surface area contributed by atoms with Crippen LogP contribution in [-0.4, -0.2) is 44.8 Å². The summed E-state index contributed by atoms with van der Waals surface area (Å²) in [5.74, 6) is -0.597. The summed E-state index contributed by atoms with van der Waals surface area (Å²) in [6, 6.07) is 11.4. The number of likely N-dealkylation sites (tertiary alicyclic amines) is 1. The van der Waals surface area contributed by atoms with Crippen molar-refractivity contribution in [3.05, 3.63) is 48.3 Å². The van der Waals surface area contributed by atoms with Crippen LogP contribution in [0, 0.1) is 5.92 Å². The number of benzene rings is 1. The normalized spacial score (nSPS) is 17.7. The SMILES string of the molecule is O=C(O)CCC1CCCN(C(=O)c2ccn(-c3ccccc3)n2)C1. The van der Waals surface area contributed by atoms with Gasteiger partial charge in [-0.3, -0.25) is 9.59 Å². The molecule has 0 bridgehead atoms. The number of carbonyl (C=O) groups is 2. The molecule has 1 saturated heterocycles. The molecule has 3 rings (SSSR count). The molecule has 0 radical (unpaired) electrons. The van der Waals surface area contributed by atoms with Crippen LogP contribution in [0.4, 0.5) is 0 Å². The van der Waals surface area contributed by atoms with Gasteiger partial charge in [-0.05, 0) is 43.4 Å². The summed E-state index contributed by atoms with van der Waals surface area (Å²) >= 11 is 0. The minimum Gasteiger partial charge on any atom is -0.481 e. The number of aliphatic carboxylic acids is 1. The minimum absolute atomic E-state index is 0.0790. The zero-order valence-electron chi connectivity index (χ0n) is 13.5. The number of rotatable bonds is 5. The van der Waals surface area contributed by atoms with Gasteiger partial charge in [0.15, 0.2) is 5.69 Å². The van der Waals surface area contributed by atoms with E-state index in [0.29, 0.717) is 25.2 Å². The molecule has 1 aromatic heterocycles. The molecule has 6 heteroatoms. The molecule has 1 N–H and O–H groups in total. The zero-order valence-corrected chi connectivity index (χ0v) is 13.5. The first-order valence-corrected chi connectivity index (χ1v) is 8.25. The predicted octanol–water partition coefficient (Wildman–Crippen LogP) is 2.59. The van der Waals surface area contributed by atoms with Crippen molar-refractivity contribution in [1.29, 1.82) is 0 Å². The molecule has 1 aliphatic rings. The Labute approximate surface area is 140 Å². The highest BCUT2D eigenvalue weighted by molar-refractivity contribution is 5.92. The Hall–Kier alpha value is -2.63. The summed E-state index contributed by atoms with van der Waals surface area (Å²) in [6.07, 6.45) is 4.46. The van der Waals surface area contributed by atoms with Crippen LogP contribution < -0.4 is 0 Å². The fourth-order valence-electron chi connectivity index (χ4n) is 3.14. The third kappa shape index (κ3) is 3.82. The van der Waals surface area contributed by atoms with Gasteiger partial charge in [0, 0.05) is 25.7 Å². The lowest BCUT2D eigenvalue weighted by molar-refractivity contribution is -0.137. The molecule has 1 unspecified atom stereocenters. The number of hydrogen-bond acceptors (Lipinski definition) is 3. The van der Waals surface area contributed by atoms with Crippen molar-refractivity contribution in [2.45, 2.75) is 25.7 Å². The molecule has 1 amide bonds. The molecule has 126 valence electrons. The molecule has 0 spiro atoms. The summed E-state index contributed by atoms with van der Waals surface area (Å²) in [7, 11) is 0. The maximum Gasteiger partial charge on any atom is 0.303 e. The van der Waals surface area contributed by atoms with Crippen molar-refractivity contribution < 1.29 is 14.7 Å². The van der Waals surface area contributed by atoms with Gasteiger partial charge in [0.1, 0.15) is 0 Å². The Morgan fingerprint density at radius 3 is 2.75 bits per heavy atom. The van der Waals surface area contributed by atoms with Crippen LogP contribution in [0.5, 0.6) is 0 Å². The summed E-state index contributed by atoms with van der Waals surface area (Å²) in [4.78, 5) is 25.2. The smallest absolute Gasteiger partial charge is 0.303 e. The van der Waals surface area contributed by atoms with Crippen LogP contribution in [0.15, 0.2) is 42.6 Å². The standard InChI is InChI=1S/C18H21N3O3/c22-17(23)9-8-14-5-4-11-20(13-14)18(24)16-10-12-21(19-16)15-6-2-1-3-7-15/h1-3,6-7,10,12,14H,4-5,8-9,11,13H2,(H,22,23). The van der Waals surface area contributed by atoms with E-state index in [-0.39, 0.29) is 18.2 Å². The van der Waals surface area contributed by atoms with E-state index < -0.39 is 5.97 Å². The van der Waals surface area contributed by atoms with Gasteiger partial charge in [0.2, 0.25) is 0 Å². The first kappa shape index (κ1) is 16.2. The van der Waals surface area contributed by atoms with E-state index in [0.717, 1.165) is 18.5 Å². The van der Waals surface area contributed by atoms with E-state index in [4.69, 9.17) is 5.11 Å². The van der Waals surface area contributed by atoms with Gasteiger partial charge in [-0.2, -0.15) is 5.10 Å². The Morgan fingerprint density at radius 1 is 1.21 bits per heavy atom. The molecule has 0 saturated carbocycles. The molecule has 1 fully saturated rings. The zero-order chi connectivity index (χ0) is 16.9. The third-order valence-electron chi connectivity index (χ3n) is 4.40. The molecule has 2 aromatic rings. The average Bonchev–Trinajstić information content (AvgIpc) is 3.10. The molecule has 0 aliphatic carbocycles. The number of amides is 1. The number of hydrogen-bond donors (Lipinski definition) is 1. The number of piperidine rings is 1. The Bertz CT molecular complexity index is 711. The summed E-state index contributed by atoms with van der Waals surface area (Å²) < 4.78 is 1.69. The Balaban J connectivity index is 1.66. The van der Waals surface area contributed by atoms with Crippen LogP contribution in [0.1, 0.15) is 36.2 Å². The summed E-state index contributed by atoms with van der Waals surface area (Å²) in [5, 5.41) is 13.2. The molecule has 1 atom stereocenters. The highest BCUT2D eigenvalue weighted by Crippen LogP contribution is 2.22. The van der Waals surface area contributed by atoms with E-state index in [1.165, 1.54) is 0 Å². The van der Waals surface area contributed by atoms with E-state index in [1.807, 2.05) is 30.3 Å². The van der Waals surface area contributed by atoms with E-state index in [2.05, 4.69) is 5.10 Å². The van der Waals surface area contributed by atoms with Gasteiger partial charge in [-0.1, -0.05) is 18.2 Å². The van der Waals surface area contributed by atoms with Crippen LogP contribution >= 0.6 is 0 Å². The van der Waals surface area contributed by atoms with Crippen molar-refractivity contribution >= 4 is 11.9 Å². The predicted molar refractivity (Wildman–Crippen MR) is 89.1 cm³/mol. The lowest BCUT2D eigenvalue weighted by Gasteiger charge is -2.32. The minimum atomic E-state index is -0.778. The summed E-state index contributed by atoms with van der Waals surface area (Å²) in [6.45, 7) is 1.32. The van der Waals surface area contributed by atoms with Crippen LogP contribution in [0.2, 0.25) is 0 Å². The van der Waals surface area contributed by atoms with Crippen molar-refractivity contribution in [2.24, 2.45) is 5.92 Å². The third-order valence-corrected chi connectivity index (χ3v) is 4.40. The molecule has 1 aromatic carbocycles. The number of nitrogens with zero attached hydrogens (tertiary/aromatic N) is 3. The average molecular weight is 327 g/mol. The maximum atomic E-state index is 12.7. The van der Waals surface area contributed by atoms with Crippen molar-refractivity contribution in [3.8, 4) is 5.69 Å². The Kier molecular flexibility index (Phi) is 4.93. The second kappa shape index (κ2) is 7.29. The van der Waals surface area contributed by atoms with Crippen LogP contribution in [0.3, 0.4) is 0 Å². The van der Waals surface area contributed by atoms with Gasteiger partial charge < -0.3 is 10.0 Å². The van der Waals surface area contributed by atoms with Crippen molar-refractivity contribution in [3.63, 3.8) is 0 Å². The Morgan fingerprint density at radius 2 is 2.00 bits per heavy atom. The molecular formula is C18H21N3O3. The van der Waals surface area contributed by atoms with E-state index in [1.54, 1.807) is 21.8 Å². The number of carboxylic acids is 1. The van der Waals surface area contributed by atoms with Gasteiger partial charge >= 0.3 is 5.97 Å². The first-order valence-electron chi connectivity index (χ1n) is 8.25. The van der Waals surface area contributed by atoms with Crippen LogP contribution in [-0.2, 0) is 4.79 Å². The maximum absolute atomic E-state index is 12.7. The topological polar surface area (TPSA) is 75.4 Å². The molecule has 2 heterocycles. The second-order valence-electron chi connectivity index (χ2n) is 6.17. The van der Waals surface area contributed by atoms with Gasteiger partial charge in [-0.25, -0.2) is 4.68 Å². The van der Waals surface area contributed by atoms with Crippen LogP contribution in [0.25, 0.3) is 5.69 Å². The fourth-order valence-corrected chi connectivity index (χ4v) is 3.14. The highest BCUT2D eigenvalue weighted by atomic mass is 16.4. The van der Waals surface area contributed by atoms with Gasteiger partial charge in [0.05, 0.1) is 5.69 Å². The van der Waals surface area contributed by atoms with Gasteiger partial charge in [0.25, 0.3) is 5.91 Å². The second-order valence-corrected chi connectivity index (χ2v) is 6.17.